The minimum absolute atomic E-state index is 0.127. The van der Waals surface area contributed by atoms with E-state index < -0.39 is 5.60 Å². The Kier molecular flexibility index (Phi) is 4.65. The number of carbonyl (C=O) groups excluding carboxylic acids is 1. The molecule has 138 valence electrons. The summed E-state index contributed by atoms with van der Waals surface area (Å²) in [5.74, 6) is 0.129. The monoisotopic (exact) mass is 377 g/mol. The Morgan fingerprint density at radius 2 is 1.81 bits per heavy atom. The zero-order valence-corrected chi connectivity index (χ0v) is 16.9. The number of carbonyl (C=O) groups is 1. The maximum absolute atomic E-state index is 12.8. The van der Waals surface area contributed by atoms with Gasteiger partial charge in [0.15, 0.2) is 9.60 Å². The first kappa shape index (κ1) is 18.0. The predicted octanol–water partition coefficient (Wildman–Crippen LogP) is 6.79. The number of benzene rings is 2. The van der Waals surface area contributed by atoms with E-state index in [1.54, 1.807) is 0 Å². The van der Waals surface area contributed by atoms with Crippen LogP contribution < -0.4 is 0 Å². The van der Waals surface area contributed by atoms with E-state index >= 15 is 0 Å². The van der Waals surface area contributed by atoms with Crippen LogP contribution in [-0.4, -0.2) is 11.6 Å². The molecule has 0 amide bonds. The molecular weight excluding hydrogens is 352 g/mol. The van der Waals surface area contributed by atoms with E-state index in [1.165, 1.54) is 15.6 Å². The van der Waals surface area contributed by atoms with Gasteiger partial charge in [-0.2, -0.15) is 0 Å². The Bertz CT molecular complexity index is 1020. The van der Waals surface area contributed by atoms with Crippen molar-refractivity contribution >= 4 is 26.5 Å². The maximum atomic E-state index is 12.8. The summed E-state index contributed by atoms with van der Waals surface area (Å²) < 4.78 is 7.26. The summed E-state index contributed by atoms with van der Waals surface area (Å²) >= 11 is 0. The first-order valence-corrected chi connectivity index (χ1v) is 10.7. The van der Waals surface area contributed by atoms with E-state index in [2.05, 4.69) is 54.8 Å². The Balaban J connectivity index is 1.63. The van der Waals surface area contributed by atoms with E-state index in [-0.39, 0.29) is 16.4 Å². The Morgan fingerprint density at radius 1 is 1.07 bits per heavy atom. The molecule has 1 heterocycles. The van der Waals surface area contributed by atoms with Gasteiger partial charge in [0.2, 0.25) is 0 Å². The average molecular weight is 378 g/mol. The van der Waals surface area contributed by atoms with E-state index in [0.29, 0.717) is 11.5 Å². The standard InChI is InChI=1S/C24H25O2S/c1-17-16-27(22-14-7-6-13-21(17)22)20-12-8-9-18(15-20)23(25)26-24(2,3)19-10-4-5-11-19/h4-9,12-16,19H,10-11H2,1-3H3/q+1. The maximum Gasteiger partial charge on any atom is 0.338 e. The Morgan fingerprint density at radius 3 is 2.59 bits per heavy atom. The zero-order valence-electron chi connectivity index (χ0n) is 16.1. The summed E-state index contributed by atoms with van der Waals surface area (Å²) in [6, 6.07) is 16.5. The third-order valence-electron chi connectivity index (χ3n) is 5.51. The van der Waals surface area contributed by atoms with Crippen LogP contribution in [0.25, 0.3) is 15.0 Å². The third kappa shape index (κ3) is 3.44. The lowest BCUT2D eigenvalue weighted by Gasteiger charge is -2.31. The largest absolute Gasteiger partial charge is 0.456 e. The lowest BCUT2D eigenvalue weighted by atomic mass is 9.88. The van der Waals surface area contributed by atoms with Crippen molar-refractivity contribution in [3.63, 3.8) is 0 Å². The number of hydrogen-bond donors (Lipinski definition) is 0. The SMILES string of the molecule is Cc1c[s+](-c2cccc(C(=O)OC(C)(C)C3CC=CC3)c2)c2ccccc12. The first-order valence-electron chi connectivity index (χ1n) is 9.45. The molecule has 0 radical (unpaired) electrons. The minimum atomic E-state index is -0.463. The molecule has 0 aliphatic heterocycles. The van der Waals surface area contributed by atoms with Crippen molar-refractivity contribution in [3.8, 4) is 4.90 Å². The number of hydrogen-bond acceptors (Lipinski definition) is 2. The molecular formula is C24H25O2S+. The lowest BCUT2D eigenvalue weighted by Crippen LogP contribution is -2.35. The van der Waals surface area contributed by atoms with Gasteiger partial charge in [0.1, 0.15) is 11.0 Å². The number of thiophene rings is 1. The highest BCUT2D eigenvalue weighted by molar-refractivity contribution is 7.43. The smallest absolute Gasteiger partial charge is 0.338 e. The molecule has 1 atom stereocenters. The fourth-order valence-electron chi connectivity index (χ4n) is 3.81. The van der Waals surface area contributed by atoms with Gasteiger partial charge in [-0.1, -0.05) is 30.4 Å². The molecule has 1 unspecified atom stereocenters. The predicted molar refractivity (Wildman–Crippen MR) is 114 cm³/mol. The summed E-state index contributed by atoms with van der Waals surface area (Å²) in [7, 11) is -0.127. The van der Waals surface area contributed by atoms with E-state index in [1.807, 2.05) is 32.0 Å². The first-order chi connectivity index (χ1) is 13.0. The Hall–Kier alpha value is -2.39. The van der Waals surface area contributed by atoms with Crippen molar-refractivity contribution in [3.05, 3.63) is 77.2 Å². The molecule has 0 saturated heterocycles. The van der Waals surface area contributed by atoms with Gasteiger partial charge in [0, 0.05) is 33.4 Å². The quantitative estimate of drug-likeness (QED) is 0.284. The van der Waals surface area contributed by atoms with Gasteiger partial charge in [0.25, 0.3) is 0 Å². The van der Waals surface area contributed by atoms with Crippen LogP contribution >= 0.6 is 10.5 Å². The lowest BCUT2D eigenvalue weighted by molar-refractivity contribution is -0.0273. The van der Waals surface area contributed by atoms with Gasteiger partial charge in [-0.3, -0.25) is 0 Å². The van der Waals surface area contributed by atoms with E-state index in [9.17, 15) is 4.79 Å². The van der Waals surface area contributed by atoms with E-state index in [4.69, 9.17) is 4.74 Å². The molecule has 2 aromatic carbocycles. The summed E-state index contributed by atoms with van der Waals surface area (Å²) in [5, 5.41) is 3.62. The van der Waals surface area contributed by atoms with Crippen LogP contribution in [0.4, 0.5) is 0 Å². The second-order valence-corrected chi connectivity index (χ2v) is 9.62. The molecule has 3 heteroatoms. The second kappa shape index (κ2) is 6.97. The molecule has 1 aliphatic carbocycles. The minimum Gasteiger partial charge on any atom is -0.456 e. The van der Waals surface area contributed by atoms with Crippen LogP contribution in [0.2, 0.25) is 0 Å². The molecule has 0 spiro atoms. The number of aryl methyl sites for hydroxylation is 1. The van der Waals surface area contributed by atoms with Crippen molar-refractivity contribution in [2.45, 2.75) is 39.2 Å². The molecule has 0 N–H and O–H groups in total. The molecule has 1 aromatic heterocycles. The van der Waals surface area contributed by atoms with Crippen molar-refractivity contribution in [1.82, 2.24) is 0 Å². The van der Waals surface area contributed by atoms with Crippen molar-refractivity contribution in [1.29, 1.82) is 0 Å². The fourth-order valence-corrected chi connectivity index (χ4v) is 5.98. The highest BCUT2D eigenvalue weighted by atomic mass is 32.2. The van der Waals surface area contributed by atoms with Gasteiger partial charge in [-0.05, 0) is 57.9 Å². The summed E-state index contributed by atoms with van der Waals surface area (Å²) in [4.78, 5) is 14.0. The fraction of sp³-hybridized carbons (Fsp3) is 0.292. The Labute approximate surface area is 163 Å². The van der Waals surface area contributed by atoms with Crippen LogP contribution in [0, 0.1) is 12.8 Å². The normalized spacial score (nSPS) is 15.4. The summed E-state index contributed by atoms with van der Waals surface area (Å²) in [6.45, 7) is 6.20. The molecule has 4 rings (SSSR count). The highest BCUT2D eigenvalue weighted by Gasteiger charge is 2.34. The number of fused-ring (bicyclic) bond motifs is 1. The number of rotatable bonds is 4. The molecule has 1 aliphatic rings. The summed E-state index contributed by atoms with van der Waals surface area (Å²) in [6.07, 6.45) is 6.30. The van der Waals surface area contributed by atoms with Crippen LogP contribution in [0.5, 0.6) is 0 Å². The average Bonchev–Trinajstić information content (AvgIpc) is 3.31. The van der Waals surface area contributed by atoms with Crippen LogP contribution in [-0.2, 0) is 4.74 Å². The van der Waals surface area contributed by atoms with Gasteiger partial charge >= 0.3 is 5.97 Å². The third-order valence-corrected chi connectivity index (χ3v) is 7.69. The van der Waals surface area contributed by atoms with Crippen LogP contribution in [0.1, 0.15) is 42.6 Å². The molecule has 2 nitrogen and oxygen atoms in total. The van der Waals surface area contributed by atoms with Gasteiger partial charge in [0.05, 0.1) is 5.56 Å². The van der Waals surface area contributed by atoms with Crippen LogP contribution in [0.3, 0.4) is 0 Å². The molecule has 0 fully saturated rings. The molecule has 0 bridgehead atoms. The number of allylic oxidation sites excluding steroid dienone is 2. The molecule has 3 aromatic rings. The number of esters is 1. The number of ether oxygens (including phenoxy) is 1. The molecule has 0 saturated carbocycles. The molecule has 27 heavy (non-hydrogen) atoms. The van der Waals surface area contributed by atoms with Crippen molar-refractivity contribution in [2.75, 3.05) is 0 Å². The van der Waals surface area contributed by atoms with Crippen LogP contribution in [0.15, 0.2) is 66.1 Å². The summed E-state index contributed by atoms with van der Waals surface area (Å²) in [5.41, 5.74) is 1.47. The zero-order chi connectivity index (χ0) is 19.0. The van der Waals surface area contributed by atoms with Gasteiger partial charge in [-0.15, -0.1) is 0 Å². The second-order valence-electron chi connectivity index (χ2n) is 7.80. The van der Waals surface area contributed by atoms with Crippen molar-refractivity contribution in [2.24, 2.45) is 5.92 Å². The van der Waals surface area contributed by atoms with E-state index in [0.717, 1.165) is 17.7 Å². The van der Waals surface area contributed by atoms with Gasteiger partial charge < -0.3 is 4.74 Å². The van der Waals surface area contributed by atoms with Gasteiger partial charge in [-0.25, -0.2) is 4.79 Å². The topological polar surface area (TPSA) is 26.3 Å². The highest BCUT2D eigenvalue weighted by Crippen LogP contribution is 2.42. The van der Waals surface area contributed by atoms with Crippen molar-refractivity contribution < 1.29 is 9.53 Å².